The molecule has 243 valence electrons. The fraction of sp³-hybridized carbons (Fsp3) is 0.195. The van der Waals surface area contributed by atoms with Crippen molar-refractivity contribution in [2.75, 3.05) is 0 Å². The topological polar surface area (TPSA) is 56.7 Å². The molecule has 0 aliphatic heterocycles. The first-order chi connectivity index (χ1) is 22.7. The van der Waals surface area contributed by atoms with Crippen molar-refractivity contribution >= 4 is 57.1 Å². The number of nitrogens with zero attached hydrogens (tertiary/aromatic N) is 4. The van der Waals surface area contributed by atoms with E-state index in [1.54, 1.807) is 6.20 Å². The molecular weight excluding hydrogens is 785 g/mol. The van der Waals surface area contributed by atoms with Gasteiger partial charge in [0.2, 0.25) is 5.71 Å². The largest absolute Gasteiger partial charge is 0.486 e. The van der Waals surface area contributed by atoms with Gasteiger partial charge in [-0.25, -0.2) is 4.98 Å². The number of pyridine rings is 2. The van der Waals surface area contributed by atoms with Gasteiger partial charge in [-0.1, -0.05) is 86.4 Å². The van der Waals surface area contributed by atoms with Crippen LogP contribution in [0.15, 0.2) is 108 Å². The Balaban J connectivity index is 0.000000172. The van der Waals surface area contributed by atoms with Gasteiger partial charge in [0.15, 0.2) is 0 Å². The third kappa shape index (κ3) is 6.38. The Morgan fingerprint density at radius 2 is 1.62 bits per heavy atom. The second-order valence-corrected chi connectivity index (χ2v) is 18.6. The molecule has 48 heavy (non-hydrogen) atoms. The molecule has 4 aromatic heterocycles. The minimum absolute atomic E-state index is 0. The minimum Gasteiger partial charge on any atom is -0.486 e. The standard InChI is InChI=1S/C23H14N3O.C18H24NSi.Ir/c1-26-20-15-7-3-2-6-14(15)11-12-19(20)25-22(26)18-9-4-8-16-17-10-5-13-24-23(17)27-21(16)18;1-14(2)11-16-12-17(15-9-7-6-8-10-15)19-13-18(16)20(3,4)5;/h2-8,10-13H,1H3;6-9,12-14H,11H2,1-5H3;/q2*-1;. The van der Waals surface area contributed by atoms with Crippen molar-refractivity contribution in [1.29, 1.82) is 0 Å². The predicted molar refractivity (Wildman–Crippen MR) is 198 cm³/mol. The molecule has 0 fully saturated rings. The number of furan rings is 1. The van der Waals surface area contributed by atoms with Gasteiger partial charge in [0.1, 0.15) is 0 Å². The van der Waals surface area contributed by atoms with Crippen LogP contribution < -0.4 is 5.19 Å². The van der Waals surface area contributed by atoms with Gasteiger partial charge in [-0.05, 0) is 46.8 Å². The van der Waals surface area contributed by atoms with E-state index in [1.807, 2.05) is 49.5 Å². The summed E-state index contributed by atoms with van der Waals surface area (Å²) in [5.74, 6) is 1.51. The van der Waals surface area contributed by atoms with Crippen molar-refractivity contribution in [3.63, 3.8) is 0 Å². The number of rotatable bonds is 5. The average Bonchev–Trinajstić information content (AvgIpc) is 3.62. The van der Waals surface area contributed by atoms with E-state index in [1.165, 1.54) is 21.5 Å². The van der Waals surface area contributed by atoms with Crippen LogP contribution in [0.4, 0.5) is 0 Å². The van der Waals surface area contributed by atoms with Crippen molar-refractivity contribution in [3.05, 3.63) is 121 Å². The predicted octanol–water partition coefficient (Wildman–Crippen LogP) is 9.78. The van der Waals surface area contributed by atoms with E-state index in [0.717, 1.165) is 56.5 Å². The van der Waals surface area contributed by atoms with Crippen LogP contribution in [0.2, 0.25) is 19.6 Å². The van der Waals surface area contributed by atoms with Crippen LogP contribution in [-0.2, 0) is 33.6 Å². The number of benzene rings is 4. The number of imidazole rings is 1. The first kappa shape index (κ1) is 33.5. The monoisotopic (exact) mass is 823 g/mol. The molecule has 0 N–H and O–H groups in total. The zero-order valence-electron chi connectivity index (χ0n) is 28.1. The summed E-state index contributed by atoms with van der Waals surface area (Å²) in [6.07, 6.45) is 4.98. The van der Waals surface area contributed by atoms with E-state index in [-0.39, 0.29) is 20.1 Å². The minimum atomic E-state index is -1.34. The second kappa shape index (κ2) is 13.6. The van der Waals surface area contributed by atoms with Crippen LogP contribution in [0.3, 0.4) is 0 Å². The third-order valence-electron chi connectivity index (χ3n) is 8.60. The fourth-order valence-electron chi connectivity index (χ4n) is 6.43. The first-order valence-corrected chi connectivity index (χ1v) is 19.7. The number of fused-ring (bicyclic) bond motifs is 6. The second-order valence-electron chi connectivity index (χ2n) is 13.6. The Kier molecular flexibility index (Phi) is 9.48. The molecule has 4 heterocycles. The summed E-state index contributed by atoms with van der Waals surface area (Å²) in [5.41, 5.74) is 7.94. The molecular formula is C41H38IrN4OSi-2. The number of aryl methyl sites for hydroxylation is 1. The molecule has 0 aliphatic carbocycles. The normalized spacial score (nSPS) is 11.6. The molecule has 0 amide bonds. The van der Waals surface area contributed by atoms with Gasteiger partial charge >= 0.3 is 0 Å². The van der Waals surface area contributed by atoms with Crippen LogP contribution in [-0.4, -0.2) is 27.6 Å². The summed E-state index contributed by atoms with van der Waals surface area (Å²) in [4.78, 5) is 13.9. The molecule has 5 nitrogen and oxygen atoms in total. The van der Waals surface area contributed by atoms with Crippen LogP contribution in [0, 0.1) is 18.1 Å². The van der Waals surface area contributed by atoms with Crippen LogP contribution in [0.5, 0.6) is 0 Å². The van der Waals surface area contributed by atoms with Crippen molar-refractivity contribution in [2.24, 2.45) is 13.0 Å². The maximum absolute atomic E-state index is 6.08. The Morgan fingerprint density at radius 3 is 2.40 bits per heavy atom. The number of hydrogen-bond acceptors (Lipinski definition) is 4. The summed E-state index contributed by atoms with van der Waals surface area (Å²) in [5, 5.41) is 5.92. The summed E-state index contributed by atoms with van der Waals surface area (Å²) >= 11 is 0. The van der Waals surface area contributed by atoms with E-state index < -0.39 is 8.07 Å². The molecule has 8 rings (SSSR count). The zero-order chi connectivity index (χ0) is 32.7. The molecule has 0 saturated carbocycles. The Bertz CT molecular complexity index is 2370. The van der Waals surface area contributed by atoms with E-state index >= 15 is 0 Å². The number of hydrogen-bond donors (Lipinski definition) is 0. The van der Waals surface area contributed by atoms with Crippen LogP contribution in [0.25, 0.3) is 66.5 Å². The quantitative estimate of drug-likeness (QED) is 0.128. The molecule has 7 heteroatoms. The molecule has 8 aromatic rings. The van der Waals surface area contributed by atoms with Crippen LogP contribution >= 0.6 is 0 Å². The smallest absolute Gasteiger partial charge is 0.216 e. The molecule has 0 saturated heterocycles. The van der Waals surface area contributed by atoms with Crippen molar-refractivity contribution < 1.29 is 24.5 Å². The number of aromatic nitrogens is 4. The van der Waals surface area contributed by atoms with E-state index in [4.69, 9.17) is 9.40 Å². The van der Waals surface area contributed by atoms with Crippen molar-refractivity contribution in [1.82, 2.24) is 19.5 Å². The van der Waals surface area contributed by atoms with Gasteiger partial charge in [0.05, 0.1) is 30.5 Å². The van der Waals surface area contributed by atoms with Crippen LogP contribution in [0.1, 0.15) is 19.4 Å². The van der Waals surface area contributed by atoms with Gasteiger partial charge in [-0.3, -0.25) is 4.98 Å². The average molecular weight is 823 g/mol. The van der Waals surface area contributed by atoms with E-state index in [9.17, 15) is 0 Å². The van der Waals surface area contributed by atoms with E-state index in [2.05, 4.69) is 115 Å². The van der Waals surface area contributed by atoms with Gasteiger partial charge < -0.3 is 14.0 Å². The summed E-state index contributed by atoms with van der Waals surface area (Å²) in [6, 6.07) is 37.4. The molecule has 0 atom stereocenters. The molecule has 0 aliphatic rings. The Hall–Kier alpha value is -4.42. The molecule has 1 radical (unpaired) electrons. The van der Waals surface area contributed by atoms with Gasteiger partial charge in [-0.15, -0.1) is 54.1 Å². The Labute approximate surface area is 296 Å². The van der Waals surface area contributed by atoms with Crippen molar-refractivity contribution in [3.8, 4) is 22.6 Å². The van der Waals surface area contributed by atoms with Gasteiger partial charge in [-0.2, -0.15) is 0 Å². The first-order valence-electron chi connectivity index (χ1n) is 16.2. The van der Waals surface area contributed by atoms with Gasteiger partial charge in [0, 0.05) is 50.3 Å². The zero-order valence-corrected chi connectivity index (χ0v) is 31.5. The SMILES string of the molecule is CC(C)Cc1cc(-c2[c-]cccc2)ncc1[Si](C)(C)C.Cn1c(-c2[c-]ccc3c2oc2ncccc23)nc2ccc3ccccc3c21.[Ir]. The maximum atomic E-state index is 6.08. The fourth-order valence-corrected chi connectivity index (χ4v) is 8.02. The van der Waals surface area contributed by atoms with Gasteiger partial charge in [0.25, 0.3) is 0 Å². The summed E-state index contributed by atoms with van der Waals surface area (Å²) in [6.45, 7) is 11.7. The molecule has 0 unspecified atom stereocenters. The third-order valence-corrected chi connectivity index (χ3v) is 10.7. The van der Waals surface area contributed by atoms with Crippen molar-refractivity contribution in [2.45, 2.75) is 39.9 Å². The molecule has 0 spiro atoms. The van der Waals surface area contributed by atoms with E-state index in [0.29, 0.717) is 11.6 Å². The molecule has 0 bridgehead atoms. The Morgan fingerprint density at radius 1 is 0.833 bits per heavy atom. The maximum Gasteiger partial charge on any atom is 0.216 e. The molecule has 4 aromatic carbocycles. The summed E-state index contributed by atoms with van der Waals surface area (Å²) < 4.78 is 8.21. The summed E-state index contributed by atoms with van der Waals surface area (Å²) in [7, 11) is 0.705.